The Morgan fingerprint density at radius 1 is 1.44 bits per heavy atom. The fourth-order valence-electron chi connectivity index (χ4n) is 1.79. The molecule has 5 N–H and O–H groups in total. The minimum absolute atomic E-state index is 0.0582. The van der Waals surface area contributed by atoms with Gasteiger partial charge in [0, 0.05) is 24.9 Å². The summed E-state index contributed by atoms with van der Waals surface area (Å²) in [5.74, 6) is 7.61. The molecule has 1 aromatic rings. The van der Waals surface area contributed by atoms with Gasteiger partial charge in [-0.15, -0.1) is 0 Å². The highest BCUT2D eigenvalue weighted by Gasteiger charge is 2.21. The molecule has 7 heteroatoms. The van der Waals surface area contributed by atoms with Gasteiger partial charge in [0.25, 0.3) is 0 Å². The third-order valence-electron chi connectivity index (χ3n) is 2.74. The van der Waals surface area contributed by atoms with Crippen molar-refractivity contribution in [2.45, 2.75) is 32.2 Å². The Bertz CT molecular complexity index is 447. The Hall–Kier alpha value is -1.89. The van der Waals surface area contributed by atoms with Crippen LogP contribution in [0.25, 0.3) is 0 Å². The first-order valence-corrected chi connectivity index (χ1v) is 5.97. The van der Waals surface area contributed by atoms with Crippen LogP contribution in [0.1, 0.15) is 32.0 Å². The second kappa shape index (κ2) is 5.18. The van der Waals surface area contributed by atoms with Gasteiger partial charge in [0.2, 0.25) is 5.91 Å². The average molecular weight is 250 g/mol. The molecule has 0 bridgehead atoms. The number of carbonyl (C=O) groups is 1. The van der Waals surface area contributed by atoms with Crippen molar-refractivity contribution in [2.24, 2.45) is 5.84 Å². The molecule has 0 aliphatic carbocycles. The van der Waals surface area contributed by atoms with E-state index in [2.05, 4.69) is 26.0 Å². The highest BCUT2D eigenvalue weighted by molar-refractivity contribution is 5.79. The summed E-state index contributed by atoms with van der Waals surface area (Å²) in [6.45, 7) is 4.64. The number of nitrogen functional groups attached to an aromatic ring is 1. The topological polar surface area (TPSA) is 105 Å². The van der Waals surface area contributed by atoms with Crippen molar-refractivity contribution < 1.29 is 4.79 Å². The Labute approximate surface area is 106 Å². The number of hydrogen-bond acceptors (Lipinski definition) is 6. The van der Waals surface area contributed by atoms with Crippen LogP contribution in [0.4, 0.5) is 11.6 Å². The van der Waals surface area contributed by atoms with Crippen LogP contribution in [0.15, 0.2) is 6.07 Å². The van der Waals surface area contributed by atoms with E-state index in [9.17, 15) is 4.79 Å². The summed E-state index contributed by atoms with van der Waals surface area (Å²) < 4.78 is 0. The lowest BCUT2D eigenvalue weighted by molar-refractivity contribution is -0.119. The van der Waals surface area contributed by atoms with Gasteiger partial charge in [-0.3, -0.25) is 4.79 Å². The number of hydrazine groups is 1. The third kappa shape index (κ3) is 2.86. The largest absolute Gasteiger partial charge is 0.365 e. The van der Waals surface area contributed by atoms with Crippen molar-refractivity contribution >= 4 is 17.5 Å². The lowest BCUT2D eigenvalue weighted by Crippen LogP contribution is -2.23. The fourth-order valence-corrected chi connectivity index (χ4v) is 1.79. The van der Waals surface area contributed by atoms with E-state index in [4.69, 9.17) is 5.84 Å². The van der Waals surface area contributed by atoms with Gasteiger partial charge in [-0.25, -0.2) is 15.8 Å². The summed E-state index contributed by atoms with van der Waals surface area (Å²) in [6, 6.07) is 1.80. The van der Waals surface area contributed by atoms with Crippen molar-refractivity contribution in [3.05, 3.63) is 11.9 Å². The second-order valence-corrected chi connectivity index (χ2v) is 4.65. The SMILES string of the molecule is CC(C)c1nc(NN)cc(NC2CNC(=O)C2)n1. The predicted octanol–water partition coefficient (Wildman–Crippen LogP) is 0.186. The molecule has 1 amide bonds. The van der Waals surface area contributed by atoms with E-state index < -0.39 is 0 Å². The summed E-state index contributed by atoms with van der Waals surface area (Å²) in [6.07, 6.45) is 0.465. The Morgan fingerprint density at radius 3 is 2.72 bits per heavy atom. The molecule has 0 saturated carbocycles. The van der Waals surface area contributed by atoms with Crippen molar-refractivity contribution in [1.82, 2.24) is 15.3 Å². The van der Waals surface area contributed by atoms with E-state index in [1.54, 1.807) is 6.07 Å². The summed E-state index contributed by atoms with van der Waals surface area (Å²) in [4.78, 5) is 19.8. The van der Waals surface area contributed by atoms with E-state index in [1.807, 2.05) is 13.8 Å². The fraction of sp³-hybridized carbons (Fsp3) is 0.545. The molecule has 1 aliphatic rings. The van der Waals surface area contributed by atoms with Crippen molar-refractivity contribution in [2.75, 3.05) is 17.3 Å². The van der Waals surface area contributed by atoms with Crippen LogP contribution >= 0.6 is 0 Å². The minimum atomic E-state index is 0.0582. The first kappa shape index (κ1) is 12.6. The first-order valence-electron chi connectivity index (χ1n) is 5.97. The van der Waals surface area contributed by atoms with E-state index >= 15 is 0 Å². The number of hydrogen-bond donors (Lipinski definition) is 4. The maximum atomic E-state index is 11.1. The van der Waals surface area contributed by atoms with Crippen molar-refractivity contribution in [3.63, 3.8) is 0 Å². The number of nitrogens with zero attached hydrogens (tertiary/aromatic N) is 2. The zero-order valence-corrected chi connectivity index (χ0v) is 10.5. The molecule has 1 saturated heterocycles. The van der Waals surface area contributed by atoms with Gasteiger partial charge in [0.15, 0.2) is 0 Å². The molecule has 18 heavy (non-hydrogen) atoms. The zero-order chi connectivity index (χ0) is 13.1. The number of rotatable bonds is 4. The Balaban J connectivity index is 2.16. The van der Waals surface area contributed by atoms with Crippen LogP contribution in [-0.2, 0) is 4.79 Å². The van der Waals surface area contributed by atoms with E-state index in [0.717, 1.165) is 0 Å². The molecular weight excluding hydrogens is 232 g/mol. The molecule has 0 radical (unpaired) electrons. The molecule has 1 aromatic heterocycles. The number of amides is 1. The van der Waals surface area contributed by atoms with Gasteiger partial charge in [0.05, 0.1) is 6.04 Å². The van der Waals surface area contributed by atoms with Gasteiger partial charge in [0.1, 0.15) is 17.5 Å². The highest BCUT2D eigenvalue weighted by Crippen LogP contribution is 2.18. The van der Waals surface area contributed by atoms with Crippen LogP contribution in [0.2, 0.25) is 0 Å². The lowest BCUT2D eigenvalue weighted by atomic mass is 10.2. The Kier molecular flexibility index (Phi) is 3.61. The van der Waals surface area contributed by atoms with Gasteiger partial charge < -0.3 is 16.1 Å². The third-order valence-corrected chi connectivity index (χ3v) is 2.74. The number of carbonyl (C=O) groups excluding carboxylic acids is 1. The predicted molar refractivity (Wildman–Crippen MR) is 69.0 cm³/mol. The Morgan fingerprint density at radius 2 is 2.17 bits per heavy atom. The quantitative estimate of drug-likeness (QED) is 0.449. The molecule has 98 valence electrons. The van der Waals surface area contributed by atoms with Crippen molar-refractivity contribution in [1.29, 1.82) is 0 Å². The van der Waals surface area contributed by atoms with Gasteiger partial charge in [-0.05, 0) is 0 Å². The molecular formula is C11H18N6O. The molecule has 1 aliphatic heterocycles. The lowest BCUT2D eigenvalue weighted by Gasteiger charge is -2.14. The van der Waals surface area contributed by atoms with E-state index in [0.29, 0.717) is 30.4 Å². The number of anilines is 2. The van der Waals surface area contributed by atoms with Gasteiger partial charge in [-0.2, -0.15) is 0 Å². The monoisotopic (exact) mass is 250 g/mol. The molecule has 2 heterocycles. The van der Waals surface area contributed by atoms with Crippen LogP contribution < -0.4 is 21.9 Å². The van der Waals surface area contributed by atoms with Gasteiger partial charge >= 0.3 is 0 Å². The smallest absolute Gasteiger partial charge is 0.222 e. The van der Waals surface area contributed by atoms with E-state index in [1.165, 1.54) is 0 Å². The number of aromatic nitrogens is 2. The van der Waals surface area contributed by atoms with Crippen LogP contribution in [0, 0.1) is 0 Å². The highest BCUT2D eigenvalue weighted by atomic mass is 16.1. The van der Waals surface area contributed by atoms with Crippen molar-refractivity contribution in [3.8, 4) is 0 Å². The van der Waals surface area contributed by atoms with Crippen LogP contribution in [-0.4, -0.2) is 28.5 Å². The molecule has 7 nitrogen and oxygen atoms in total. The molecule has 1 unspecified atom stereocenters. The van der Waals surface area contributed by atoms with Crippen LogP contribution in [0.5, 0.6) is 0 Å². The summed E-state index contributed by atoms with van der Waals surface area (Å²) in [5, 5.41) is 5.98. The standard InChI is InChI=1S/C11H18N6O/c1-6(2)11-15-8(4-9(16-11)17-12)14-7-3-10(18)13-5-7/h4,6-7H,3,5,12H2,1-2H3,(H,13,18)(H2,14,15,16,17). The summed E-state index contributed by atoms with van der Waals surface area (Å²) >= 11 is 0. The van der Waals surface area contributed by atoms with E-state index in [-0.39, 0.29) is 17.9 Å². The maximum absolute atomic E-state index is 11.1. The average Bonchev–Trinajstić information content (AvgIpc) is 2.74. The normalized spacial score (nSPS) is 18.9. The van der Waals surface area contributed by atoms with Gasteiger partial charge in [-0.1, -0.05) is 13.8 Å². The summed E-state index contributed by atoms with van der Waals surface area (Å²) in [7, 11) is 0. The first-order chi connectivity index (χ1) is 8.58. The van der Waals surface area contributed by atoms with Crippen LogP contribution in [0.3, 0.4) is 0 Å². The minimum Gasteiger partial charge on any atom is -0.365 e. The maximum Gasteiger partial charge on any atom is 0.222 e. The zero-order valence-electron chi connectivity index (χ0n) is 10.5. The molecule has 2 rings (SSSR count). The molecule has 1 atom stereocenters. The summed E-state index contributed by atoms with van der Waals surface area (Å²) in [5.41, 5.74) is 2.52. The second-order valence-electron chi connectivity index (χ2n) is 4.65. The molecule has 0 spiro atoms. The molecule has 1 fully saturated rings. The number of nitrogens with two attached hydrogens (primary N) is 1. The molecule has 0 aromatic carbocycles. The number of nitrogens with one attached hydrogen (secondary N) is 3.